The molecule has 0 radical (unpaired) electrons. The molecule has 1 unspecified atom stereocenters. The number of pyridine rings is 1. The third-order valence-corrected chi connectivity index (χ3v) is 4.97. The van der Waals surface area contributed by atoms with E-state index in [2.05, 4.69) is 57.9 Å². The molecule has 2 heterocycles. The van der Waals surface area contributed by atoms with Crippen molar-refractivity contribution in [2.75, 3.05) is 32.4 Å². The monoisotopic (exact) mass is 313 g/mol. The van der Waals surface area contributed by atoms with Gasteiger partial charge in [-0.25, -0.2) is 0 Å². The van der Waals surface area contributed by atoms with E-state index in [-0.39, 0.29) is 0 Å². The highest BCUT2D eigenvalue weighted by molar-refractivity contribution is 7.98. The van der Waals surface area contributed by atoms with Crippen molar-refractivity contribution in [3.05, 3.63) is 59.9 Å². The average Bonchev–Trinajstić information content (AvgIpc) is 2.61. The molecule has 1 aliphatic heterocycles. The van der Waals surface area contributed by atoms with Crippen molar-refractivity contribution in [1.82, 2.24) is 15.2 Å². The molecule has 1 fully saturated rings. The Morgan fingerprint density at radius 3 is 2.55 bits per heavy atom. The van der Waals surface area contributed by atoms with Gasteiger partial charge in [-0.1, -0.05) is 18.2 Å². The molecule has 0 saturated carbocycles. The highest BCUT2D eigenvalue weighted by Crippen LogP contribution is 2.26. The number of rotatable bonds is 5. The first-order valence-electron chi connectivity index (χ1n) is 7.85. The second kappa shape index (κ2) is 7.77. The molecule has 1 saturated heterocycles. The summed E-state index contributed by atoms with van der Waals surface area (Å²) < 4.78 is 0. The molecule has 3 rings (SSSR count). The lowest BCUT2D eigenvalue weighted by Crippen LogP contribution is -2.45. The Labute approximate surface area is 137 Å². The summed E-state index contributed by atoms with van der Waals surface area (Å²) in [5, 5.41) is 3.44. The lowest BCUT2D eigenvalue weighted by molar-refractivity contribution is 0.171. The molecular formula is C18H23N3S. The van der Waals surface area contributed by atoms with Crippen molar-refractivity contribution in [3.63, 3.8) is 0 Å². The summed E-state index contributed by atoms with van der Waals surface area (Å²) in [6.07, 6.45) is 4.98. The quantitative estimate of drug-likeness (QED) is 0.859. The van der Waals surface area contributed by atoms with Gasteiger partial charge in [0.15, 0.2) is 0 Å². The molecule has 0 amide bonds. The van der Waals surface area contributed by atoms with Crippen LogP contribution in [0.4, 0.5) is 0 Å². The van der Waals surface area contributed by atoms with Gasteiger partial charge in [0.25, 0.3) is 0 Å². The molecule has 3 nitrogen and oxygen atoms in total. The molecule has 1 aliphatic rings. The molecule has 1 aromatic heterocycles. The van der Waals surface area contributed by atoms with Crippen molar-refractivity contribution < 1.29 is 0 Å². The Kier molecular flexibility index (Phi) is 5.48. The van der Waals surface area contributed by atoms with E-state index in [0.29, 0.717) is 6.04 Å². The van der Waals surface area contributed by atoms with Crippen molar-refractivity contribution in [3.8, 4) is 0 Å². The summed E-state index contributed by atoms with van der Waals surface area (Å²) >= 11 is 1.79. The van der Waals surface area contributed by atoms with Crippen LogP contribution >= 0.6 is 11.8 Å². The fraction of sp³-hybridized carbons (Fsp3) is 0.389. The van der Waals surface area contributed by atoms with Gasteiger partial charge in [0, 0.05) is 55.4 Å². The minimum Gasteiger partial charge on any atom is -0.314 e. The second-order valence-corrected chi connectivity index (χ2v) is 6.48. The fourth-order valence-electron chi connectivity index (χ4n) is 2.99. The van der Waals surface area contributed by atoms with Crippen LogP contribution < -0.4 is 5.32 Å². The Balaban J connectivity index is 1.83. The summed E-state index contributed by atoms with van der Waals surface area (Å²) in [4.78, 5) is 8.43. The van der Waals surface area contributed by atoms with Crippen LogP contribution in [-0.4, -0.2) is 42.3 Å². The number of nitrogens with one attached hydrogen (secondary N) is 1. The smallest absolute Gasteiger partial charge is 0.0422 e. The number of benzene rings is 1. The average molecular weight is 313 g/mol. The molecule has 1 atom stereocenters. The molecule has 1 aromatic carbocycles. The van der Waals surface area contributed by atoms with E-state index in [1.165, 1.54) is 16.2 Å². The first kappa shape index (κ1) is 15.5. The van der Waals surface area contributed by atoms with Gasteiger partial charge in [0.2, 0.25) is 0 Å². The van der Waals surface area contributed by atoms with Crippen molar-refractivity contribution in [1.29, 1.82) is 0 Å². The minimum atomic E-state index is 0.410. The SMILES string of the molecule is CSc1ccc(C(Cc2ccccn2)N2CCNCC2)cc1. The van der Waals surface area contributed by atoms with Crippen LogP contribution in [-0.2, 0) is 6.42 Å². The molecule has 0 spiro atoms. The number of piperazine rings is 1. The van der Waals surface area contributed by atoms with Crippen LogP contribution in [0.3, 0.4) is 0 Å². The van der Waals surface area contributed by atoms with Crippen LogP contribution in [0.25, 0.3) is 0 Å². The summed E-state index contributed by atoms with van der Waals surface area (Å²) in [5.74, 6) is 0. The van der Waals surface area contributed by atoms with Crippen LogP contribution in [0.15, 0.2) is 53.6 Å². The molecular weight excluding hydrogens is 290 g/mol. The third kappa shape index (κ3) is 3.88. The maximum atomic E-state index is 4.53. The maximum absolute atomic E-state index is 4.53. The van der Waals surface area contributed by atoms with E-state index < -0.39 is 0 Å². The van der Waals surface area contributed by atoms with Gasteiger partial charge in [-0.15, -0.1) is 11.8 Å². The van der Waals surface area contributed by atoms with E-state index >= 15 is 0 Å². The molecule has 0 aliphatic carbocycles. The minimum absolute atomic E-state index is 0.410. The Hall–Kier alpha value is -1.36. The Morgan fingerprint density at radius 2 is 1.91 bits per heavy atom. The van der Waals surface area contributed by atoms with Crippen molar-refractivity contribution in [2.24, 2.45) is 0 Å². The number of aromatic nitrogens is 1. The van der Waals surface area contributed by atoms with E-state index in [4.69, 9.17) is 0 Å². The van der Waals surface area contributed by atoms with Crippen LogP contribution in [0, 0.1) is 0 Å². The highest BCUT2D eigenvalue weighted by Gasteiger charge is 2.22. The van der Waals surface area contributed by atoms with Crippen LogP contribution in [0.5, 0.6) is 0 Å². The lowest BCUT2D eigenvalue weighted by atomic mass is 9.99. The zero-order valence-electron chi connectivity index (χ0n) is 13.0. The van der Waals surface area contributed by atoms with Crippen LogP contribution in [0.1, 0.15) is 17.3 Å². The van der Waals surface area contributed by atoms with Crippen LogP contribution in [0.2, 0.25) is 0 Å². The molecule has 1 N–H and O–H groups in total. The standard InChI is InChI=1S/C18H23N3S/c1-22-17-7-5-15(6-8-17)18(21-12-10-19-11-13-21)14-16-4-2-3-9-20-16/h2-9,18-19H,10-14H2,1H3. The molecule has 2 aromatic rings. The number of nitrogens with zero attached hydrogens (tertiary/aromatic N) is 2. The van der Waals surface area contributed by atoms with Gasteiger partial charge in [-0.2, -0.15) is 0 Å². The molecule has 116 valence electrons. The van der Waals surface area contributed by atoms with E-state index in [1.54, 1.807) is 11.8 Å². The largest absolute Gasteiger partial charge is 0.314 e. The van der Waals surface area contributed by atoms with E-state index in [1.807, 2.05) is 12.3 Å². The van der Waals surface area contributed by atoms with Gasteiger partial charge < -0.3 is 5.32 Å². The molecule has 4 heteroatoms. The summed E-state index contributed by atoms with van der Waals surface area (Å²) in [5.41, 5.74) is 2.56. The first-order chi connectivity index (χ1) is 10.9. The van der Waals surface area contributed by atoms with Gasteiger partial charge in [0.1, 0.15) is 0 Å². The maximum Gasteiger partial charge on any atom is 0.0422 e. The van der Waals surface area contributed by atoms with Crippen molar-refractivity contribution >= 4 is 11.8 Å². The van der Waals surface area contributed by atoms with Gasteiger partial charge in [-0.05, 0) is 36.1 Å². The molecule has 0 bridgehead atoms. The van der Waals surface area contributed by atoms with Crippen molar-refractivity contribution in [2.45, 2.75) is 17.4 Å². The van der Waals surface area contributed by atoms with E-state index in [0.717, 1.165) is 32.6 Å². The van der Waals surface area contributed by atoms with Gasteiger partial charge in [-0.3, -0.25) is 9.88 Å². The summed E-state index contributed by atoms with van der Waals surface area (Å²) in [6.45, 7) is 4.34. The predicted octanol–water partition coefficient (Wildman–Crippen LogP) is 2.99. The third-order valence-electron chi connectivity index (χ3n) is 4.22. The topological polar surface area (TPSA) is 28.2 Å². The number of hydrogen-bond acceptors (Lipinski definition) is 4. The van der Waals surface area contributed by atoms with E-state index in [9.17, 15) is 0 Å². The molecule has 22 heavy (non-hydrogen) atoms. The predicted molar refractivity (Wildman–Crippen MR) is 93.3 cm³/mol. The fourth-order valence-corrected chi connectivity index (χ4v) is 3.40. The normalized spacial score (nSPS) is 17.3. The first-order valence-corrected chi connectivity index (χ1v) is 9.08. The number of hydrogen-bond donors (Lipinski definition) is 1. The zero-order valence-corrected chi connectivity index (χ0v) is 13.9. The summed E-state index contributed by atoms with van der Waals surface area (Å²) in [6, 6.07) is 15.6. The summed E-state index contributed by atoms with van der Waals surface area (Å²) in [7, 11) is 0. The lowest BCUT2D eigenvalue weighted by Gasteiger charge is -2.35. The zero-order chi connectivity index (χ0) is 15.2. The van der Waals surface area contributed by atoms with Gasteiger partial charge in [0.05, 0.1) is 0 Å². The second-order valence-electron chi connectivity index (χ2n) is 5.60. The Bertz CT molecular complexity index is 565. The Morgan fingerprint density at radius 1 is 1.14 bits per heavy atom. The highest BCUT2D eigenvalue weighted by atomic mass is 32.2. The van der Waals surface area contributed by atoms with Gasteiger partial charge >= 0.3 is 0 Å². The number of thioether (sulfide) groups is 1.